The lowest BCUT2D eigenvalue weighted by atomic mass is 10.2. The van der Waals surface area contributed by atoms with E-state index < -0.39 is 0 Å². The predicted octanol–water partition coefficient (Wildman–Crippen LogP) is 1.03. The molecule has 0 radical (unpaired) electrons. The summed E-state index contributed by atoms with van der Waals surface area (Å²) in [6.45, 7) is 1.94. The van der Waals surface area contributed by atoms with E-state index in [0.717, 1.165) is 5.56 Å². The molecule has 9 nitrogen and oxygen atoms in total. The van der Waals surface area contributed by atoms with Crippen LogP contribution < -0.4 is 25.5 Å². The fourth-order valence-corrected chi connectivity index (χ4v) is 1.98. The lowest BCUT2D eigenvalue weighted by molar-refractivity contribution is 0.324. The smallest absolute Gasteiger partial charge is 0.263 e. The Morgan fingerprint density at radius 1 is 1.17 bits per heavy atom. The zero-order chi connectivity index (χ0) is 16.8. The molecule has 0 amide bonds. The molecule has 2 rings (SSSR count). The van der Waals surface area contributed by atoms with E-state index in [2.05, 4.69) is 20.7 Å². The van der Waals surface area contributed by atoms with Crippen molar-refractivity contribution in [2.75, 3.05) is 32.6 Å². The number of hydrogen-bond donors (Lipinski definition) is 2. The standard InChI is InChI=1S/C14H20N6O3/c1-5-12-17-19-14(20(12)15)18-16-8-9-6-10(21-2)13(23-4)11(7-9)22-3/h6-8H,5,15H2,1-4H3,(H,18,19)/b16-8+. The van der Waals surface area contributed by atoms with Crippen molar-refractivity contribution in [3.8, 4) is 17.2 Å². The summed E-state index contributed by atoms with van der Waals surface area (Å²) in [4.78, 5) is 0. The monoisotopic (exact) mass is 320 g/mol. The van der Waals surface area contributed by atoms with E-state index in [4.69, 9.17) is 20.1 Å². The molecule has 1 aromatic carbocycles. The highest BCUT2D eigenvalue weighted by Gasteiger charge is 2.12. The number of rotatable bonds is 7. The van der Waals surface area contributed by atoms with E-state index in [-0.39, 0.29) is 0 Å². The number of hydrazone groups is 1. The maximum absolute atomic E-state index is 5.82. The summed E-state index contributed by atoms with van der Waals surface area (Å²) < 4.78 is 17.2. The molecule has 0 fully saturated rings. The van der Waals surface area contributed by atoms with Crippen LogP contribution in [0.25, 0.3) is 0 Å². The number of nitrogens with two attached hydrogens (primary N) is 1. The SMILES string of the molecule is CCc1nnc(N/N=C/c2cc(OC)c(OC)c(OC)c2)n1N. The van der Waals surface area contributed by atoms with Crippen LogP contribution in [0.4, 0.5) is 5.95 Å². The molecule has 1 heterocycles. The minimum absolute atomic E-state index is 0.352. The van der Waals surface area contributed by atoms with Gasteiger partial charge in [0.05, 0.1) is 27.5 Å². The van der Waals surface area contributed by atoms with Gasteiger partial charge in [0.25, 0.3) is 5.95 Å². The van der Waals surface area contributed by atoms with Gasteiger partial charge in [0.15, 0.2) is 17.3 Å². The highest BCUT2D eigenvalue weighted by atomic mass is 16.5. The second-order valence-electron chi connectivity index (χ2n) is 4.49. The first-order valence-corrected chi connectivity index (χ1v) is 6.93. The molecule has 3 N–H and O–H groups in total. The third-order valence-corrected chi connectivity index (χ3v) is 3.15. The number of anilines is 1. The van der Waals surface area contributed by atoms with Gasteiger partial charge in [-0.3, -0.25) is 0 Å². The number of methoxy groups -OCH3 is 3. The maximum atomic E-state index is 5.82. The van der Waals surface area contributed by atoms with E-state index in [1.807, 2.05) is 6.92 Å². The van der Waals surface area contributed by atoms with Gasteiger partial charge in [-0.05, 0) is 12.1 Å². The number of nitrogen functional groups attached to an aromatic ring is 1. The Hall–Kier alpha value is -2.97. The fourth-order valence-electron chi connectivity index (χ4n) is 1.98. The second-order valence-corrected chi connectivity index (χ2v) is 4.49. The Kier molecular flexibility index (Phi) is 5.23. The maximum Gasteiger partial charge on any atom is 0.263 e. The highest BCUT2D eigenvalue weighted by molar-refractivity contribution is 5.82. The molecule has 0 unspecified atom stereocenters. The van der Waals surface area contributed by atoms with Crippen molar-refractivity contribution in [1.29, 1.82) is 0 Å². The summed E-state index contributed by atoms with van der Waals surface area (Å²) in [5.41, 5.74) is 3.50. The van der Waals surface area contributed by atoms with Gasteiger partial charge >= 0.3 is 0 Å². The second kappa shape index (κ2) is 7.34. The van der Waals surface area contributed by atoms with Crippen molar-refractivity contribution < 1.29 is 14.2 Å². The molecule has 0 aliphatic heterocycles. The molecular weight excluding hydrogens is 300 g/mol. The van der Waals surface area contributed by atoms with Crippen LogP contribution in [0, 0.1) is 0 Å². The summed E-state index contributed by atoms with van der Waals surface area (Å²) in [5.74, 6) is 8.45. The Morgan fingerprint density at radius 2 is 1.83 bits per heavy atom. The molecule has 0 aliphatic rings. The van der Waals surface area contributed by atoms with Crippen LogP contribution in [0.2, 0.25) is 0 Å². The minimum atomic E-state index is 0.352. The first-order chi connectivity index (χ1) is 11.1. The van der Waals surface area contributed by atoms with Crippen LogP contribution in [0.15, 0.2) is 17.2 Å². The van der Waals surface area contributed by atoms with E-state index in [1.54, 1.807) is 39.7 Å². The molecule has 9 heteroatoms. The summed E-state index contributed by atoms with van der Waals surface area (Å²) >= 11 is 0. The van der Waals surface area contributed by atoms with Crippen molar-refractivity contribution in [2.24, 2.45) is 5.10 Å². The lowest BCUT2D eigenvalue weighted by Gasteiger charge is -2.12. The first kappa shape index (κ1) is 16.4. The molecule has 0 atom stereocenters. The number of benzene rings is 1. The molecule has 2 aromatic rings. The van der Waals surface area contributed by atoms with E-state index in [0.29, 0.717) is 35.4 Å². The Labute approximate surface area is 134 Å². The van der Waals surface area contributed by atoms with Crippen molar-refractivity contribution in [3.05, 3.63) is 23.5 Å². The van der Waals surface area contributed by atoms with E-state index >= 15 is 0 Å². The van der Waals surface area contributed by atoms with Gasteiger partial charge in [-0.15, -0.1) is 10.2 Å². The third-order valence-electron chi connectivity index (χ3n) is 3.15. The van der Waals surface area contributed by atoms with Crippen LogP contribution in [-0.4, -0.2) is 42.4 Å². The minimum Gasteiger partial charge on any atom is -0.493 e. The third kappa shape index (κ3) is 3.44. The highest BCUT2D eigenvalue weighted by Crippen LogP contribution is 2.37. The Bertz CT molecular complexity index is 673. The summed E-state index contributed by atoms with van der Waals surface area (Å²) in [6.07, 6.45) is 2.27. The average Bonchev–Trinajstić information content (AvgIpc) is 2.93. The van der Waals surface area contributed by atoms with Crippen molar-refractivity contribution in [1.82, 2.24) is 14.9 Å². The fraction of sp³-hybridized carbons (Fsp3) is 0.357. The summed E-state index contributed by atoms with van der Waals surface area (Å²) in [7, 11) is 4.66. The van der Waals surface area contributed by atoms with Gasteiger partial charge < -0.3 is 20.1 Å². The molecule has 0 spiro atoms. The molecule has 1 aromatic heterocycles. The number of aromatic nitrogens is 3. The molecule has 23 heavy (non-hydrogen) atoms. The molecule has 124 valence electrons. The molecule has 0 saturated heterocycles. The normalized spacial score (nSPS) is 10.8. The molecular formula is C14H20N6O3. The van der Waals surface area contributed by atoms with Gasteiger partial charge in [0.2, 0.25) is 5.75 Å². The van der Waals surface area contributed by atoms with Crippen LogP contribution in [0.1, 0.15) is 18.3 Å². The number of ether oxygens (including phenoxy) is 3. The number of aryl methyl sites for hydroxylation is 1. The van der Waals surface area contributed by atoms with Crippen molar-refractivity contribution in [3.63, 3.8) is 0 Å². The quantitative estimate of drug-likeness (QED) is 0.445. The Morgan fingerprint density at radius 3 is 2.30 bits per heavy atom. The number of nitrogens with zero attached hydrogens (tertiary/aromatic N) is 4. The molecule has 0 aliphatic carbocycles. The van der Waals surface area contributed by atoms with E-state index in [1.165, 1.54) is 4.68 Å². The zero-order valence-electron chi connectivity index (χ0n) is 13.5. The average molecular weight is 320 g/mol. The van der Waals surface area contributed by atoms with E-state index in [9.17, 15) is 0 Å². The van der Waals surface area contributed by atoms with Gasteiger partial charge in [-0.2, -0.15) is 5.10 Å². The molecule has 0 bridgehead atoms. The topological polar surface area (TPSA) is 109 Å². The number of hydrogen-bond acceptors (Lipinski definition) is 8. The van der Waals surface area contributed by atoms with Crippen LogP contribution in [-0.2, 0) is 6.42 Å². The van der Waals surface area contributed by atoms with Gasteiger partial charge in [0.1, 0.15) is 0 Å². The first-order valence-electron chi connectivity index (χ1n) is 6.93. The van der Waals surface area contributed by atoms with Crippen molar-refractivity contribution >= 4 is 12.2 Å². The lowest BCUT2D eigenvalue weighted by Crippen LogP contribution is -2.14. The van der Waals surface area contributed by atoms with Gasteiger partial charge in [0, 0.05) is 12.0 Å². The Balaban J connectivity index is 2.20. The summed E-state index contributed by atoms with van der Waals surface area (Å²) in [6, 6.07) is 3.55. The predicted molar refractivity (Wildman–Crippen MR) is 86.9 cm³/mol. The molecule has 0 saturated carbocycles. The largest absolute Gasteiger partial charge is 0.493 e. The summed E-state index contributed by atoms with van der Waals surface area (Å²) in [5, 5.41) is 11.9. The van der Waals surface area contributed by atoms with Crippen molar-refractivity contribution in [2.45, 2.75) is 13.3 Å². The van der Waals surface area contributed by atoms with Crippen LogP contribution >= 0.6 is 0 Å². The number of nitrogens with one attached hydrogen (secondary N) is 1. The van der Waals surface area contributed by atoms with Crippen LogP contribution in [0.3, 0.4) is 0 Å². The van der Waals surface area contributed by atoms with Gasteiger partial charge in [-0.1, -0.05) is 6.92 Å². The zero-order valence-corrected chi connectivity index (χ0v) is 13.5. The van der Waals surface area contributed by atoms with Crippen LogP contribution in [0.5, 0.6) is 17.2 Å². The van der Waals surface area contributed by atoms with Gasteiger partial charge in [-0.25, -0.2) is 10.1 Å².